The van der Waals surface area contributed by atoms with Crippen LogP contribution in [-0.2, 0) is 16.1 Å². The molecule has 0 bridgehead atoms. The van der Waals surface area contributed by atoms with Crippen molar-refractivity contribution in [2.75, 3.05) is 0 Å². The van der Waals surface area contributed by atoms with Gasteiger partial charge in [-0.25, -0.2) is 13.8 Å². The molecule has 2 aromatic carbocycles. The predicted octanol–water partition coefficient (Wildman–Crippen LogP) is 4.80. The van der Waals surface area contributed by atoms with Crippen LogP contribution in [0, 0.1) is 17.6 Å². The van der Waals surface area contributed by atoms with Crippen molar-refractivity contribution < 1.29 is 13.6 Å². The Hall–Kier alpha value is -2.21. The Bertz CT molecular complexity index is 972. The Balaban J connectivity index is 1.65. The van der Waals surface area contributed by atoms with E-state index in [1.807, 2.05) is 18.2 Å². The van der Waals surface area contributed by atoms with E-state index in [0.717, 1.165) is 55.9 Å². The second-order valence-corrected chi connectivity index (χ2v) is 8.62. The first kappa shape index (κ1) is 16.9. The lowest BCUT2D eigenvalue weighted by molar-refractivity contribution is -0.136. The molecule has 2 aromatic rings. The fourth-order valence-corrected chi connectivity index (χ4v) is 5.48. The number of fused-ring (bicyclic) bond motifs is 2. The summed E-state index contributed by atoms with van der Waals surface area (Å²) in [7, 11) is 0. The van der Waals surface area contributed by atoms with Crippen LogP contribution in [0.5, 0.6) is 0 Å². The van der Waals surface area contributed by atoms with Crippen molar-refractivity contribution in [2.24, 2.45) is 11.0 Å². The van der Waals surface area contributed by atoms with E-state index in [4.69, 9.17) is 0 Å². The maximum Gasteiger partial charge on any atom is 0.247 e. The molecule has 1 fully saturated rings. The lowest BCUT2D eigenvalue weighted by Gasteiger charge is -2.40. The second kappa shape index (κ2) is 6.16. The number of hydrazone groups is 1. The van der Waals surface area contributed by atoms with Gasteiger partial charge in [0.1, 0.15) is 21.5 Å². The minimum atomic E-state index is -0.664. The van der Waals surface area contributed by atoms with Gasteiger partial charge in [-0.2, -0.15) is 5.10 Å². The number of nitrogens with zero attached hydrogens (tertiary/aromatic N) is 2. The molecule has 1 saturated carbocycles. The van der Waals surface area contributed by atoms with E-state index < -0.39 is 16.5 Å². The van der Waals surface area contributed by atoms with Crippen molar-refractivity contribution in [3.05, 3.63) is 70.8 Å². The predicted molar refractivity (Wildman–Crippen MR) is 101 cm³/mol. The van der Waals surface area contributed by atoms with Crippen molar-refractivity contribution >= 4 is 22.7 Å². The van der Waals surface area contributed by atoms with Crippen LogP contribution in [0.2, 0.25) is 0 Å². The highest BCUT2D eigenvalue weighted by Crippen LogP contribution is 2.55. The summed E-state index contributed by atoms with van der Waals surface area (Å²) in [5.74, 6) is -1.05. The van der Waals surface area contributed by atoms with Gasteiger partial charge < -0.3 is 0 Å². The highest BCUT2D eigenvalue weighted by Gasteiger charge is 2.53. The molecular weight excluding hydrogens is 366 g/mol. The van der Waals surface area contributed by atoms with Crippen molar-refractivity contribution in [1.82, 2.24) is 5.01 Å². The fraction of sp³-hybridized carbons (Fsp3) is 0.333. The zero-order valence-electron chi connectivity index (χ0n) is 14.6. The van der Waals surface area contributed by atoms with Crippen molar-refractivity contribution in [1.29, 1.82) is 0 Å². The van der Waals surface area contributed by atoms with Gasteiger partial charge in [-0.05, 0) is 61.4 Å². The number of carbonyl (C=O) groups is 1. The van der Waals surface area contributed by atoms with Crippen LogP contribution >= 0.6 is 11.8 Å². The number of amides is 1. The highest BCUT2D eigenvalue weighted by molar-refractivity contribution is 8.15. The number of halogens is 2. The molecule has 0 N–H and O–H groups in total. The van der Waals surface area contributed by atoms with E-state index in [9.17, 15) is 13.6 Å². The third kappa shape index (κ3) is 2.69. The number of hydrogen-bond donors (Lipinski definition) is 0. The van der Waals surface area contributed by atoms with Crippen LogP contribution in [-0.4, -0.2) is 16.0 Å². The number of rotatable bonds is 2. The highest BCUT2D eigenvalue weighted by atomic mass is 32.2. The van der Waals surface area contributed by atoms with E-state index in [0.29, 0.717) is 5.04 Å². The van der Waals surface area contributed by atoms with E-state index >= 15 is 0 Å². The van der Waals surface area contributed by atoms with Crippen LogP contribution in [0.25, 0.3) is 0 Å². The molecule has 5 rings (SSSR count). The molecule has 2 aliphatic carbocycles. The summed E-state index contributed by atoms with van der Waals surface area (Å²) in [5.41, 5.74) is 2.38. The number of hydrogen-bond acceptors (Lipinski definition) is 3. The number of aryl methyl sites for hydroxylation is 1. The maximum absolute atomic E-state index is 14.4. The zero-order valence-corrected chi connectivity index (χ0v) is 15.4. The fourth-order valence-electron chi connectivity index (χ4n) is 3.99. The summed E-state index contributed by atoms with van der Waals surface area (Å²) in [6.45, 7) is 0. The van der Waals surface area contributed by atoms with Crippen LogP contribution < -0.4 is 0 Å². The average Bonchev–Trinajstić information content (AvgIpc) is 3.46. The van der Waals surface area contributed by atoms with Crippen molar-refractivity contribution in [2.45, 2.75) is 37.0 Å². The van der Waals surface area contributed by atoms with Gasteiger partial charge in [0.15, 0.2) is 0 Å². The van der Waals surface area contributed by atoms with Crippen LogP contribution in [0.15, 0.2) is 47.6 Å². The van der Waals surface area contributed by atoms with Gasteiger partial charge in [0.05, 0.1) is 0 Å². The molecule has 1 unspecified atom stereocenters. The first-order valence-electron chi connectivity index (χ1n) is 9.24. The summed E-state index contributed by atoms with van der Waals surface area (Å²) in [6, 6.07) is 11.4. The summed E-state index contributed by atoms with van der Waals surface area (Å²) >= 11 is 1.38. The molecule has 138 valence electrons. The number of benzene rings is 2. The third-order valence-electron chi connectivity index (χ3n) is 5.49. The minimum Gasteiger partial charge on any atom is -0.273 e. The van der Waals surface area contributed by atoms with Gasteiger partial charge in [0.2, 0.25) is 5.91 Å². The monoisotopic (exact) mass is 384 g/mol. The average molecular weight is 384 g/mol. The largest absolute Gasteiger partial charge is 0.273 e. The second-order valence-electron chi connectivity index (χ2n) is 7.35. The Kier molecular flexibility index (Phi) is 3.86. The van der Waals surface area contributed by atoms with Crippen molar-refractivity contribution in [3.63, 3.8) is 0 Å². The first-order chi connectivity index (χ1) is 13.1. The Morgan fingerprint density at radius 2 is 2.00 bits per heavy atom. The van der Waals surface area contributed by atoms with Crippen LogP contribution in [0.4, 0.5) is 8.78 Å². The van der Waals surface area contributed by atoms with Gasteiger partial charge in [0, 0.05) is 11.5 Å². The smallest absolute Gasteiger partial charge is 0.247 e. The molecule has 1 amide bonds. The molecule has 1 spiro atoms. The molecule has 27 heavy (non-hydrogen) atoms. The normalized spacial score (nSPS) is 24.1. The molecule has 0 saturated heterocycles. The summed E-state index contributed by atoms with van der Waals surface area (Å²) in [6.07, 6.45) is 4.37. The molecule has 0 aromatic heterocycles. The minimum absolute atomic E-state index is 0.00276. The molecule has 1 atom stereocenters. The van der Waals surface area contributed by atoms with Gasteiger partial charge >= 0.3 is 0 Å². The molecule has 3 aliphatic rings. The summed E-state index contributed by atoms with van der Waals surface area (Å²) in [5, 5.41) is 6.50. The molecule has 0 radical (unpaired) electrons. The van der Waals surface area contributed by atoms with E-state index in [-0.39, 0.29) is 17.4 Å². The van der Waals surface area contributed by atoms with E-state index in [2.05, 4.69) is 11.2 Å². The molecule has 6 heteroatoms. The van der Waals surface area contributed by atoms with E-state index in [1.54, 1.807) is 5.01 Å². The Morgan fingerprint density at radius 3 is 2.81 bits per heavy atom. The molecule has 1 aliphatic heterocycles. The zero-order chi connectivity index (χ0) is 18.6. The quantitative estimate of drug-likeness (QED) is 0.745. The van der Waals surface area contributed by atoms with Gasteiger partial charge in [-0.1, -0.05) is 36.0 Å². The molecule has 1 heterocycles. The lowest BCUT2D eigenvalue weighted by atomic mass is 9.86. The summed E-state index contributed by atoms with van der Waals surface area (Å²) in [4.78, 5) is 12.4. The van der Waals surface area contributed by atoms with Gasteiger partial charge in [-0.3, -0.25) is 4.79 Å². The van der Waals surface area contributed by atoms with Gasteiger partial charge in [0.25, 0.3) is 0 Å². The van der Waals surface area contributed by atoms with Crippen molar-refractivity contribution in [3.8, 4) is 0 Å². The first-order valence-corrected chi connectivity index (χ1v) is 10.1. The Morgan fingerprint density at radius 1 is 1.19 bits per heavy atom. The standard InChI is InChI=1S/C21H18F2N2OS/c22-15-9-10-18(23)16(12-15)19-24-25(20(26)14-7-8-14)21(27-19)11-3-5-13-4-1-2-6-17(13)21/h1-2,4,6,9-10,12,14H,3,5,7-8,11H2. The summed E-state index contributed by atoms with van der Waals surface area (Å²) < 4.78 is 28.2. The van der Waals surface area contributed by atoms with Crippen LogP contribution in [0.3, 0.4) is 0 Å². The van der Waals surface area contributed by atoms with Gasteiger partial charge in [-0.15, -0.1) is 0 Å². The number of thioether (sulfide) groups is 1. The van der Waals surface area contributed by atoms with E-state index in [1.165, 1.54) is 17.3 Å². The number of carbonyl (C=O) groups excluding carboxylic acids is 1. The lowest BCUT2D eigenvalue weighted by Crippen LogP contribution is -2.44. The Labute approximate surface area is 160 Å². The topological polar surface area (TPSA) is 32.7 Å². The maximum atomic E-state index is 14.4. The van der Waals surface area contributed by atoms with Crippen LogP contribution in [0.1, 0.15) is 42.4 Å². The molecular formula is C21H18F2N2OS. The SMILES string of the molecule is O=C(C1CC1)N1N=C(c2cc(F)ccc2F)SC12CCCc1ccccc12. The molecule has 3 nitrogen and oxygen atoms in total. The third-order valence-corrected chi connectivity index (χ3v) is 6.92.